The van der Waals surface area contributed by atoms with E-state index in [1.807, 2.05) is 24.3 Å². The average Bonchev–Trinajstić information content (AvgIpc) is 3.08. The molecule has 7 nitrogen and oxygen atoms in total. The molecular formula is C19H24N4O3. The molecule has 1 N–H and O–H groups in total. The summed E-state index contributed by atoms with van der Waals surface area (Å²) in [7, 11) is 0. The lowest BCUT2D eigenvalue weighted by Gasteiger charge is -2.33. The van der Waals surface area contributed by atoms with Gasteiger partial charge in [-0.1, -0.05) is 30.3 Å². The van der Waals surface area contributed by atoms with Crippen molar-refractivity contribution < 1.29 is 14.1 Å². The number of hydrogen-bond donors (Lipinski definition) is 1. The standard InChI is InChI=1S/C19H24N4O3/c1-3-15-6-4-5-7-16(15)20-18(24)13-22-8-10-23(11-9-22)19(25)17-12-14(2)21-26-17/h4-7,12H,3,8-11,13H2,1-2H3,(H,20,24). The fourth-order valence-corrected chi connectivity index (χ4v) is 3.07. The van der Waals surface area contributed by atoms with Gasteiger partial charge in [-0.3, -0.25) is 14.5 Å². The van der Waals surface area contributed by atoms with Gasteiger partial charge in [-0.15, -0.1) is 0 Å². The number of amides is 2. The second-order valence-electron chi connectivity index (χ2n) is 6.46. The Labute approximate surface area is 152 Å². The molecule has 2 heterocycles. The summed E-state index contributed by atoms with van der Waals surface area (Å²) in [5.74, 6) is 0.0907. The zero-order valence-corrected chi connectivity index (χ0v) is 15.2. The molecule has 1 fully saturated rings. The van der Waals surface area contributed by atoms with E-state index in [2.05, 4.69) is 22.3 Å². The zero-order chi connectivity index (χ0) is 18.5. The van der Waals surface area contributed by atoms with Gasteiger partial charge in [0.05, 0.1) is 12.2 Å². The van der Waals surface area contributed by atoms with Crippen molar-refractivity contribution in [1.29, 1.82) is 0 Å². The van der Waals surface area contributed by atoms with Gasteiger partial charge in [0.2, 0.25) is 11.7 Å². The maximum absolute atomic E-state index is 12.3. The molecular weight excluding hydrogens is 332 g/mol. The first kappa shape index (κ1) is 18.1. The molecule has 0 unspecified atom stereocenters. The number of carbonyl (C=O) groups excluding carboxylic acids is 2. The molecule has 0 bridgehead atoms. The van der Waals surface area contributed by atoms with E-state index in [-0.39, 0.29) is 17.6 Å². The molecule has 2 aromatic rings. The smallest absolute Gasteiger partial charge is 0.292 e. The highest BCUT2D eigenvalue weighted by atomic mass is 16.5. The van der Waals surface area contributed by atoms with Crippen molar-refractivity contribution in [1.82, 2.24) is 15.0 Å². The van der Waals surface area contributed by atoms with Gasteiger partial charge < -0.3 is 14.7 Å². The monoisotopic (exact) mass is 356 g/mol. The number of hydrogen-bond acceptors (Lipinski definition) is 5. The van der Waals surface area contributed by atoms with Crippen LogP contribution in [0.25, 0.3) is 0 Å². The van der Waals surface area contributed by atoms with Crippen LogP contribution in [0, 0.1) is 6.92 Å². The highest BCUT2D eigenvalue weighted by Crippen LogP contribution is 2.15. The molecule has 0 spiro atoms. The Hall–Kier alpha value is -2.67. The van der Waals surface area contributed by atoms with Gasteiger partial charge in [0.15, 0.2) is 0 Å². The molecule has 1 aromatic carbocycles. The lowest BCUT2D eigenvalue weighted by atomic mass is 10.1. The van der Waals surface area contributed by atoms with Gasteiger partial charge in [-0.25, -0.2) is 0 Å². The topological polar surface area (TPSA) is 78.7 Å². The predicted octanol–water partition coefficient (Wildman–Crippen LogP) is 1.94. The Morgan fingerprint density at radius 2 is 1.92 bits per heavy atom. The minimum absolute atomic E-state index is 0.0310. The lowest BCUT2D eigenvalue weighted by Crippen LogP contribution is -2.50. The summed E-state index contributed by atoms with van der Waals surface area (Å²) in [4.78, 5) is 28.5. The van der Waals surface area contributed by atoms with Crippen LogP contribution in [0.15, 0.2) is 34.9 Å². The first-order valence-corrected chi connectivity index (χ1v) is 8.89. The first-order valence-electron chi connectivity index (χ1n) is 8.89. The van der Waals surface area contributed by atoms with Crippen molar-refractivity contribution in [2.45, 2.75) is 20.3 Å². The van der Waals surface area contributed by atoms with Crippen LogP contribution >= 0.6 is 0 Å². The molecule has 0 radical (unpaired) electrons. The summed E-state index contributed by atoms with van der Waals surface area (Å²) in [5.41, 5.74) is 2.68. The summed E-state index contributed by atoms with van der Waals surface area (Å²) in [6.45, 7) is 6.62. The Balaban J connectivity index is 1.49. The van der Waals surface area contributed by atoms with Gasteiger partial charge >= 0.3 is 0 Å². The second-order valence-corrected chi connectivity index (χ2v) is 6.46. The van der Waals surface area contributed by atoms with Crippen LogP contribution in [-0.2, 0) is 11.2 Å². The molecule has 2 amide bonds. The van der Waals surface area contributed by atoms with E-state index in [1.165, 1.54) is 0 Å². The number of benzene rings is 1. The van der Waals surface area contributed by atoms with E-state index in [9.17, 15) is 9.59 Å². The highest BCUT2D eigenvalue weighted by Gasteiger charge is 2.25. The molecule has 138 valence electrons. The van der Waals surface area contributed by atoms with Gasteiger partial charge in [0.1, 0.15) is 0 Å². The fourth-order valence-electron chi connectivity index (χ4n) is 3.07. The number of anilines is 1. The summed E-state index contributed by atoms with van der Waals surface area (Å²) in [6.07, 6.45) is 0.873. The highest BCUT2D eigenvalue weighted by molar-refractivity contribution is 5.93. The van der Waals surface area contributed by atoms with E-state index < -0.39 is 0 Å². The zero-order valence-electron chi connectivity index (χ0n) is 15.2. The quantitative estimate of drug-likeness (QED) is 0.886. The number of rotatable bonds is 5. The SMILES string of the molecule is CCc1ccccc1NC(=O)CN1CCN(C(=O)c2cc(C)no2)CC1. The Morgan fingerprint density at radius 1 is 1.19 bits per heavy atom. The van der Waals surface area contributed by atoms with Crippen LogP contribution in [0.4, 0.5) is 5.69 Å². The number of nitrogens with zero attached hydrogens (tertiary/aromatic N) is 3. The number of aromatic nitrogens is 1. The Bertz CT molecular complexity index is 779. The minimum atomic E-state index is -0.147. The van der Waals surface area contributed by atoms with Crippen molar-refractivity contribution in [3.05, 3.63) is 47.3 Å². The predicted molar refractivity (Wildman–Crippen MR) is 98.0 cm³/mol. The van der Waals surface area contributed by atoms with E-state index >= 15 is 0 Å². The Kier molecular flexibility index (Phi) is 5.68. The average molecular weight is 356 g/mol. The number of nitrogens with one attached hydrogen (secondary N) is 1. The third kappa shape index (κ3) is 4.29. The number of aryl methyl sites for hydroxylation is 2. The summed E-state index contributed by atoms with van der Waals surface area (Å²) < 4.78 is 5.04. The molecule has 0 atom stereocenters. The summed E-state index contributed by atoms with van der Waals surface area (Å²) in [5, 5.41) is 6.74. The third-order valence-corrected chi connectivity index (χ3v) is 4.54. The normalized spacial score (nSPS) is 15.1. The Morgan fingerprint density at radius 3 is 2.58 bits per heavy atom. The third-order valence-electron chi connectivity index (χ3n) is 4.54. The molecule has 1 aliphatic rings. The van der Waals surface area contributed by atoms with Gasteiger partial charge in [0.25, 0.3) is 5.91 Å². The molecule has 1 aliphatic heterocycles. The maximum atomic E-state index is 12.3. The van der Waals surface area contributed by atoms with E-state index in [1.54, 1.807) is 17.9 Å². The van der Waals surface area contributed by atoms with Crippen LogP contribution in [-0.4, -0.2) is 59.5 Å². The molecule has 26 heavy (non-hydrogen) atoms. The maximum Gasteiger partial charge on any atom is 0.292 e. The largest absolute Gasteiger partial charge is 0.351 e. The number of carbonyl (C=O) groups is 2. The molecule has 3 rings (SSSR count). The first-order chi connectivity index (χ1) is 12.6. The van der Waals surface area contributed by atoms with Crippen LogP contribution < -0.4 is 5.32 Å². The van der Waals surface area contributed by atoms with Crippen molar-refractivity contribution in [3.63, 3.8) is 0 Å². The van der Waals surface area contributed by atoms with Gasteiger partial charge in [0, 0.05) is 37.9 Å². The lowest BCUT2D eigenvalue weighted by molar-refractivity contribution is -0.117. The second kappa shape index (κ2) is 8.14. The number of para-hydroxylation sites is 1. The van der Waals surface area contributed by atoms with Crippen LogP contribution in [0.2, 0.25) is 0 Å². The van der Waals surface area contributed by atoms with Crippen LogP contribution in [0.3, 0.4) is 0 Å². The van der Waals surface area contributed by atoms with Crippen molar-refractivity contribution in [2.75, 3.05) is 38.0 Å². The van der Waals surface area contributed by atoms with E-state index in [0.29, 0.717) is 38.4 Å². The summed E-state index contributed by atoms with van der Waals surface area (Å²) in [6, 6.07) is 9.48. The molecule has 0 aliphatic carbocycles. The van der Waals surface area contributed by atoms with Crippen molar-refractivity contribution >= 4 is 17.5 Å². The van der Waals surface area contributed by atoms with E-state index in [4.69, 9.17) is 4.52 Å². The minimum Gasteiger partial charge on any atom is -0.351 e. The van der Waals surface area contributed by atoms with Crippen molar-refractivity contribution in [2.24, 2.45) is 0 Å². The fraction of sp³-hybridized carbons (Fsp3) is 0.421. The van der Waals surface area contributed by atoms with Crippen molar-refractivity contribution in [3.8, 4) is 0 Å². The summed E-state index contributed by atoms with van der Waals surface area (Å²) >= 11 is 0. The molecule has 1 saturated heterocycles. The number of piperazine rings is 1. The van der Waals surface area contributed by atoms with Gasteiger partial charge in [-0.2, -0.15) is 0 Å². The van der Waals surface area contributed by atoms with E-state index in [0.717, 1.165) is 17.7 Å². The molecule has 1 aromatic heterocycles. The van der Waals surface area contributed by atoms with Crippen LogP contribution in [0.5, 0.6) is 0 Å². The molecule has 0 saturated carbocycles. The van der Waals surface area contributed by atoms with Crippen LogP contribution in [0.1, 0.15) is 28.7 Å². The van der Waals surface area contributed by atoms with Gasteiger partial charge in [-0.05, 0) is 25.0 Å². The molecule has 7 heteroatoms.